The highest BCUT2D eigenvalue weighted by Gasteiger charge is 2.23. The van der Waals surface area contributed by atoms with E-state index < -0.39 is 12.1 Å². The average molecular weight is 444 g/mol. The number of carbonyl (C=O) groups is 2. The number of imidazole rings is 1. The quantitative estimate of drug-likeness (QED) is 0.401. The summed E-state index contributed by atoms with van der Waals surface area (Å²) in [4.78, 5) is 28.4. The molecule has 2 aromatic heterocycles. The van der Waals surface area contributed by atoms with E-state index in [1.54, 1.807) is 44.5 Å². The number of fused-ring (bicyclic) bond motifs is 1. The van der Waals surface area contributed by atoms with Crippen LogP contribution in [0.1, 0.15) is 46.6 Å². The molecule has 0 bridgehead atoms. The first-order valence-corrected chi connectivity index (χ1v) is 10.6. The number of hydrogen-bond donors (Lipinski definition) is 1. The van der Waals surface area contributed by atoms with E-state index in [1.165, 1.54) is 0 Å². The van der Waals surface area contributed by atoms with Crippen molar-refractivity contribution in [3.05, 3.63) is 89.2 Å². The molecule has 0 radical (unpaired) electrons. The molecule has 7 nitrogen and oxygen atoms in total. The maximum absolute atomic E-state index is 12.3. The van der Waals surface area contributed by atoms with Gasteiger partial charge in [0.1, 0.15) is 5.65 Å². The Bertz CT molecular complexity index is 1320. The fourth-order valence-electron chi connectivity index (χ4n) is 3.78. The fraction of sp³-hybridized carbons (Fsp3) is 0.192. The van der Waals surface area contributed by atoms with Gasteiger partial charge in [-0.05, 0) is 41.3 Å². The van der Waals surface area contributed by atoms with Crippen molar-refractivity contribution in [2.75, 3.05) is 7.11 Å². The van der Waals surface area contributed by atoms with Gasteiger partial charge in [-0.25, -0.2) is 4.79 Å². The zero-order chi connectivity index (χ0) is 23.5. The largest absolute Gasteiger partial charge is 0.480 e. The number of aromatic carboxylic acids is 1. The minimum Gasteiger partial charge on any atom is -0.480 e. The molecule has 7 heteroatoms. The molecule has 0 aliphatic rings. The second-order valence-corrected chi connectivity index (χ2v) is 7.61. The van der Waals surface area contributed by atoms with Gasteiger partial charge < -0.3 is 14.6 Å². The van der Waals surface area contributed by atoms with Crippen molar-refractivity contribution in [2.24, 2.45) is 0 Å². The Morgan fingerprint density at radius 3 is 2.45 bits per heavy atom. The summed E-state index contributed by atoms with van der Waals surface area (Å²) in [7, 11) is 1.55. The number of esters is 1. The molecule has 0 saturated carbocycles. The standard InChI is InChI=1S/C26H24N2O5/c1-4-23(29)33-24(21-14-9-16(2)25-27-22(32-3)15-28(21)25)18-12-10-17(11-13-18)19-7-5-6-8-20(19)26(30)31/h5-15,24H,4H2,1-3H3,(H,30,31)/t24-/m1/s1. The first-order chi connectivity index (χ1) is 15.9. The molecule has 0 unspecified atom stereocenters. The molecule has 1 atom stereocenters. The number of carbonyl (C=O) groups excluding carboxylic acids is 1. The van der Waals surface area contributed by atoms with Crippen LogP contribution in [0.25, 0.3) is 16.8 Å². The van der Waals surface area contributed by atoms with Crippen LogP contribution in [0.4, 0.5) is 0 Å². The Hall–Kier alpha value is -4.13. The number of aryl methyl sites for hydroxylation is 1. The topological polar surface area (TPSA) is 90.1 Å². The predicted molar refractivity (Wildman–Crippen MR) is 124 cm³/mol. The summed E-state index contributed by atoms with van der Waals surface area (Å²) in [6, 6.07) is 18.1. The lowest BCUT2D eigenvalue weighted by Crippen LogP contribution is -2.15. The molecule has 0 aliphatic carbocycles. The molecule has 4 rings (SSSR count). The number of carboxylic acid groups (broad SMARTS) is 1. The van der Waals surface area contributed by atoms with E-state index >= 15 is 0 Å². The predicted octanol–water partition coefficient (Wildman–Crippen LogP) is 5.06. The number of ether oxygens (including phenoxy) is 2. The van der Waals surface area contributed by atoms with Crippen molar-refractivity contribution in [1.29, 1.82) is 0 Å². The zero-order valence-electron chi connectivity index (χ0n) is 18.6. The normalized spacial score (nSPS) is 11.8. The lowest BCUT2D eigenvalue weighted by Gasteiger charge is -2.21. The number of carboxylic acids is 1. The van der Waals surface area contributed by atoms with E-state index in [4.69, 9.17) is 9.47 Å². The van der Waals surface area contributed by atoms with Crippen molar-refractivity contribution in [2.45, 2.75) is 26.4 Å². The minimum absolute atomic E-state index is 0.227. The third kappa shape index (κ3) is 4.30. The van der Waals surface area contributed by atoms with E-state index in [2.05, 4.69) is 4.98 Å². The summed E-state index contributed by atoms with van der Waals surface area (Å²) in [5.74, 6) is -0.853. The Morgan fingerprint density at radius 2 is 1.79 bits per heavy atom. The summed E-state index contributed by atoms with van der Waals surface area (Å²) >= 11 is 0. The number of rotatable bonds is 7. The Morgan fingerprint density at radius 1 is 1.06 bits per heavy atom. The highest BCUT2D eigenvalue weighted by molar-refractivity contribution is 5.96. The van der Waals surface area contributed by atoms with E-state index in [9.17, 15) is 14.7 Å². The summed E-state index contributed by atoms with van der Waals surface area (Å²) in [6.07, 6.45) is 1.33. The molecular weight excluding hydrogens is 420 g/mol. The average Bonchev–Trinajstić information content (AvgIpc) is 3.29. The van der Waals surface area contributed by atoms with Crippen molar-refractivity contribution >= 4 is 17.6 Å². The molecule has 2 aromatic carbocycles. The SMILES string of the molecule is CCC(=O)O[C@H](c1ccc(-c2ccccc2C(=O)O)cc1)c1ccc(C)c2nc(OC)cn12. The molecule has 0 fully saturated rings. The maximum atomic E-state index is 12.3. The molecule has 0 spiro atoms. The third-order valence-corrected chi connectivity index (χ3v) is 5.52. The van der Waals surface area contributed by atoms with Gasteiger partial charge in [0.25, 0.3) is 0 Å². The van der Waals surface area contributed by atoms with Crippen LogP contribution in [0, 0.1) is 6.92 Å². The van der Waals surface area contributed by atoms with Crippen molar-refractivity contribution in [3.63, 3.8) is 0 Å². The zero-order valence-corrected chi connectivity index (χ0v) is 18.6. The molecule has 2 heterocycles. The summed E-state index contributed by atoms with van der Waals surface area (Å²) in [5.41, 5.74) is 4.77. The Balaban J connectivity index is 1.81. The van der Waals surface area contributed by atoms with Gasteiger partial charge in [0.2, 0.25) is 5.88 Å². The second-order valence-electron chi connectivity index (χ2n) is 7.61. The van der Waals surface area contributed by atoms with Crippen LogP contribution in [0.2, 0.25) is 0 Å². The van der Waals surface area contributed by atoms with E-state index in [1.807, 2.05) is 47.7 Å². The highest BCUT2D eigenvalue weighted by Crippen LogP contribution is 2.32. The van der Waals surface area contributed by atoms with E-state index in [0.717, 1.165) is 22.4 Å². The molecule has 168 valence electrons. The summed E-state index contributed by atoms with van der Waals surface area (Å²) in [5, 5.41) is 9.51. The monoisotopic (exact) mass is 444 g/mol. The van der Waals surface area contributed by atoms with Gasteiger partial charge in [-0.3, -0.25) is 9.20 Å². The van der Waals surface area contributed by atoms with Gasteiger partial charge in [0, 0.05) is 6.42 Å². The second kappa shape index (κ2) is 9.16. The molecule has 0 amide bonds. The summed E-state index contributed by atoms with van der Waals surface area (Å²) < 4.78 is 13.0. The lowest BCUT2D eigenvalue weighted by atomic mass is 9.97. The molecule has 0 saturated heterocycles. The highest BCUT2D eigenvalue weighted by atomic mass is 16.5. The maximum Gasteiger partial charge on any atom is 0.336 e. The van der Waals surface area contributed by atoms with E-state index in [0.29, 0.717) is 17.1 Å². The van der Waals surface area contributed by atoms with Crippen LogP contribution >= 0.6 is 0 Å². The van der Waals surface area contributed by atoms with Gasteiger partial charge in [0.05, 0.1) is 24.6 Å². The van der Waals surface area contributed by atoms with Crippen LogP contribution in [-0.2, 0) is 9.53 Å². The summed E-state index contributed by atoms with van der Waals surface area (Å²) in [6.45, 7) is 3.70. The Kier molecular flexibility index (Phi) is 6.13. The number of benzene rings is 2. The van der Waals surface area contributed by atoms with Gasteiger partial charge >= 0.3 is 11.9 Å². The fourth-order valence-corrected chi connectivity index (χ4v) is 3.78. The molecule has 33 heavy (non-hydrogen) atoms. The molecule has 4 aromatic rings. The van der Waals surface area contributed by atoms with Crippen molar-refractivity contribution in [3.8, 4) is 17.0 Å². The number of aromatic nitrogens is 2. The number of nitrogens with zero attached hydrogens (tertiary/aromatic N) is 2. The number of hydrogen-bond acceptors (Lipinski definition) is 5. The molecule has 1 N–H and O–H groups in total. The first-order valence-electron chi connectivity index (χ1n) is 10.6. The smallest absolute Gasteiger partial charge is 0.336 e. The van der Waals surface area contributed by atoms with Crippen LogP contribution in [0.5, 0.6) is 5.88 Å². The van der Waals surface area contributed by atoms with Crippen molar-refractivity contribution < 1.29 is 24.2 Å². The van der Waals surface area contributed by atoms with Crippen LogP contribution in [0.3, 0.4) is 0 Å². The molecule has 0 aliphatic heterocycles. The van der Waals surface area contributed by atoms with Crippen LogP contribution in [-0.4, -0.2) is 33.5 Å². The Labute approximate surface area is 191 Å². The van der Waals surface area contributed by atoms with Crippen LogP contribution < -0.4 is 4.74 Å². The molecular formula is C26H24N2O5. The third-order valence-electron chi connectivity index (χ3n) is 5.52. The number of pyridine rings is 1. The number of methoxy groups -OCH3 is 1. The van der Waals surface area contributed by atoms with Gasteiger partial charge in [-0.2, -0.15) is 4.98 Å². The van der Waals surface area contributed by atoms with Gasteiger partial charge in [0.15, 0.2) is 6.10 Å². The van der Waals surface area contributed by atoms with Crippen LogP contribution in [0.15, 0.2) is 66.9 Å². The first kappa shape index (κ1) is 22.1. The van der Waals surface area contributed by atoms with Gasteiger partial charge in [-0.15, -0.1) is 0 Å². The van der Waals surface area contributed by atoms with Gasteiger partial charge in [-0.1, -0.05) is 55.5 Å². The van der Waals surface area contributed by atoms with Crippen molar-refractivity contribution in [1.82, 2.24) is 9.38 Å². The minimum atomic E-state index is -0.986. The lowest BCUT2D eigenvalue weighted by molar-refractivity contribution is -0.147. The van der Waals surface area contributed by atoms with E-state index in [-0.39, 0.29) is 18.0 Å².